The van der Waals surface area contributed by atoms with E-state index in [9.17, 15) is 13.2 Å². The molecule has 0 aliphatic carbocycles. The summed E-state index contributed by atoms with van der Waals surface area (Å²) in [5, 5.41) is 3.99. The fraction of sp³-hybridized carbons (Fsp3) is 0.154. The normalized spacial score (nSPS) is 12.2. The van der Waals surface area contributed by atoms with Gasteiger partial charge in [-0.05, 0) is 18.2 Å². The number of hydrogen-bond acceptors (Lipinski definition) is 3. The van der Waals surface area contributed by atoms with Gasteiger partial charge in [0.05, 0.1) is 5.56 Å². The van der Waals surface area contributed by atoms with E-state index in [1.807, 2.05) is 0 Å². The van der Waals surface area contributed by atoms with Gasteiger partial charge in [-0.25, -0.2) is 0 Å². The number of alkyl halides is 3. The van der Waals surface area contributed by atoms with E-state index in [4.69, 9.17) is 10.3 Å². The number of aromatic nitrogens is 2. The van der Waals surface area contributed by atoms with Gasteiger partial charge in [-0.3, -0.25) is 0 Å². The number of aryl methyl sites for hydroxylation is 1. The molecule has 0 atom stereocenters. The van der Waals surface area contributed by atoms with Gasteiger partial charge in [-0.1, -0.05) is 5.16 Å². The van der Waals surface area contributed by atoms with Crippen molar-refractivity contribution in [1.82, 2.24) is 9.72 Å². The van der Waals surface area contributed by atoms with Crippen LogP contribution in [0.2, 0.25) is 0 Å². The number of benzene rings is 1. The third-order valence-corrected chi connectivity index (χ3v) is 3.11. The number of anilines is 1. The highest BCUT2D eigenvalue weighted by atomic mass is 19.4. The van der Waals surface area contributed by atoms with Crippen LogP contribution in [-0.4, -0.2) is 9.72 Å². The Balaban J connectivity index is 2.27. The van der Waals surface area contributed by atoms with Crippen LogP contribution >= 0.6 is 0 Å². The summed E-state index contributed by atoms with van der Waals surface area (Å²) in [5.41, 5.74) is 5.97. The fourth-order valence-corrected chi connectivity index (χ4v) is 2.18. The molecule has 2 heterocycles. The first kappa shape index (κ1) is 12.6. The Morgan fingerprint density at radius 3 is 2.60 bits per heavy atom. The summed E-state index contributed by atoms with van der Waals surface area (Å²) >= 11 is 0. The molecule has 0 amide bonds. The van der Waals surface area contributed by atoms with Crippen molar-refractivity contribution in [3.8, 4) is 11.3 Å². The predicted octanol–water partition coefficient (Wildman–Crippen LogP) is 3.43. The van der Waals surface area contributed by atoms with Gasteiger partial charge in [-0.15, -0.1) is 0 Å². The van der Waals surface area contributed by atoms with Crippen LogP contribution in [-0.2, 0) is 13.2 Å². The van der Waals surface area contributed by atoms with Gasteiger partial charge < -0.3 is 14.8 Å². The molecule has 4 nitrogen and oxygen atoms in total. The lowest BCUT2D eigenvalue weighted by Crippen LogP contribution is -2.04. The lowest BCUT2D eigenvalue weighted by atomic mass is 10.1. The number of fused-ring (bicyclic) bond motifs is 1. The lowest BCUT2D eigenvalue weighted by Gasteiger charge is -2.06. The molecule has 104 valence electrons. The summed E-state index contributed by atoms with van der Waals surface area (Å²) in [6.45, 7) is 0. The fourth-order valence-electron chi connectivity index (χ4n) is 2.18. The van der Waals surface area contributed by atoms with E-state index in [1.165, 1.54) is 12.1 Å². The molecule has 0 bridgehead atoms. The Kier molecular flexibility index (Phi) is 2.53. The molecule has 1 aromatic carbocycles. The second-order valence-corrected chi connectivity index (χ2v) is 4.50. The number of rotatable bonds is 1. The maximum Gasteiger partial charge on any atom is 0.416 e. The first-order valence-electron chi connectivity index (χ1n) is 5.75. The molecule has 0 saturated heterocycles. The predicted molar refractivity (Wildman–Crippen MR) is 67.8 cm³/mol. The Hall–Kier alpha value is -2.44. The number of halogens is 3. The van der Waals surface area contributed by atoms with Crippen molar-refractivity contribution in [3.63, 3.8) is 0 Å². The minimum Gasteiger partial charge on any atom is -0.381 e. The van der Waals surface area contributed by atoms with Gasteiger partial charge in [0.25, 0.3) is 0 Å². The molecule has 0 saturated carbocycles. The van der Waals surface area contributed by atoms with Crippen LogP contribution in [0.3, 0.4) is 0 Å². The van der Waals surface area contributed by atoms with Crippen LogP contribution in [0.25, 0.3) is 22.2 Å². The van der Waals surface area contributed by atoms with Crippen molar-refractivity contribution in [2.24, 2.45) is 7.05 Å². The number of hydrogen-bond donors (Lipinski definition) is 1. The average molecular weight is 281 g/mol. The maximum atomic E-state index is 12.8. The minimum atomic E-state index is -4.39. The summed E-state index contributed by atoms with van der Waals surface area (Å²) < 4.78 is 45.1. The summed E-state index contributed by atoms with van der Waals surface area (Å²) in [4.78, 5) is 0. The van der Waals surface area contributed by atoms with E-state index < -0.39 is 11.7 Å². The summed E-state index contributed by atoms with van der Waals surface area (Å²) in [5.74, 6) is 0.524. The molecule has 20 heavy (non-hydrogen) atoms. The van der Waals surface area contributed by atoms with Crippen molar-refractivity contribution in [2.45, 2.75) is 6.18 Å². The van der Waals surface area contributed by atoms with Gasteiger partial charge in [0.2, 0.25) is 0 Å². The Morgan fingerprint density at radius 1 is 1.25 bits per heavy atom. The molecule has 0 unspecified atom stereocenters. The molecule has 2 N–H and O–H groups in total. The first-order chi connectivity index (χ1) is 9.36. The van der Waals surface area contributed by atoms with E-state index in [2.05, 4.69) is 5.16 Å². The summed E-state index contributed by atoms with van der Waals surface area (Å²) in [6.07, 6.45) is -2.70. The molecule has 2 aromatic heterocycles. The zero-order chi connectivity index (χ0) is 14.5. The van der Waals surface area contributed by atoms with E-state index in [1.54, 1.807) is 17.8 Å². The Morgan fingerprint density at radius 2 is 2.00 bits per heavy atom. The zero-order valence-corrected chi connectivity index (χ0v) is 10.4. The van der Waals surface area contributed by atoms with Crippen LogP contribution in [0, 0.1) is 0 Å². The van der Waals surface area contributed by atoms with Gasteiger partial charge >= 0.3 is 6.18 Å². The van der Waals surface area contributed by atoms with Crippen molar-refractivity contribution >= 4 is 16.7 Å². The SMILES string of the molecule is Cn1cc(-c2cc(N)no2)c2cc(C(F)(F)F)ccc21. The lowest BCUT2D eigenvalue weighted by molar-refractivity contribution is -0.137. The molecule has 7 heteroatoms. The van der Waals surface area contributed by atoms with E-state index >= 15 is 0 Å². The van der Waals surface area contributed by atoms with Crippen molar-refractivity contribution in [2.75, 3.05) is 5.73 Å². The quantitative estimate of drug-likeness (QED) is 0.743. The molecule has 3 rings (SSSR count). The second kappa shape index (κ2) is 4.03. The molecule has 3 aromatic rings. The van der Waals surface area contributed by atoms with Crippen LogP contribution in [0.4, 0.5) is 19.0 Å². The van der Waals surface area contributed by atoms with Crippen LogP contribution in [0.5, 0.6) is 0 Å². The summed E-state index contributed by atoms with van der Waals surface area (Å²) in [7, 11) is 1.75. The van der Waals surface area contributed by atoms with Gasteiger partial charge in [-0.2, -0.15) is 13.2 Å². The number of nitrogens with zero attached hydrogens (tertiary/aromatic N) is 2. The molecular formula is C13H10F3N3O. The van der Waals surface area contributed by atoms with Crippen LogP contribution in [0.1, 0.15) is 5.56 Å². The molecule has 0 aliphatic heterocycles. The van der Waals surface area contributed by atoms with Crippen molar-refractivity contribution in [3.05, 3.63) is 36.0 Å². The topological polar surface area (TPSA) is 57.0 Å². The smallest absolute Gasteiger partial charge is 0.381 e. The van der Waals surface area contributed by atoms with E-state index in [0.29, 0.717) is 22.2 Å². The number of nitrogen functional groups attached to an aromatic ring is 1. The van der Waals surface area contributed by atoms with Crippen LogP contribution < -0.4 is 5.73 Å². The standard InChI is InChI=1S/C13H10F3N3O/c1-19-6-9(11-5-12(17)18-20-11)8-4-7(13(14,15)16)2-3-10(8)19/h2-6H,1H3,(H2,17,18). The van der Waals surface area contributed by atoms with E-state index in [-0.39, 0.29) is 5.82 Å². The number of nitrogens with two attached hydrogens (primary N) is 1. The molecule has 0 spiro atoms. The average Bonchev–Trinajstić information content (AvgIpc) is 2.93. The highest BCUT2D eigenvalue weighted by Gasteiger charge is 2.31. The minimum absolute atomic E-state index is 0.184. The maximum absolute atomic E-state index is 12.8. The third-order valence-electron chi connectivity index (χ3n) is 3.11. The monoisotopic (exact) mass is 281 g/mol. The van der Waals surface area contributed by atoms with Crippen molar-refractivity contribution in [1.29, 1.82) is 0 Å². The van der Waals surface area contributed by atoms with Gasteiger partial charge in [0.15, 0.2) is 11.6 Å². The Labute approximate surface area is 111 Å². The third kappa shape index (κ3) is 1.91. The van der Waals surface area contributed by atoms with Gasteiger partial charge in [0.1, 0.15) is 0 Å². The zero-order valence-electron chi connectivity index (χ0n) is 10.4. The molecule has 0 fully saturated rings. The Bertz CT molecular complexity index is 786. The summed E-state index contributed by atoms with van der Waals surface area (Å²) in [6, 6.07) is 5.07. The molecule has 0 aliphatic rings. The highest BCUT2D eigenvalue weighted by Crippen LogP contribution is 2.36. The largest absolute Gasteiger partial charge is 0.416 e. The molecule has 0 radical (unpaired) electrons. The van der Waals surface area contributed by atoms with Gasteiger partial charge in [0, 0.05) is 35.8 Å². The highest BCUT2D eigenvalue weighted by molar-refractivity contribution is 5.95. The van der Waals surface area contributed by atoms with E-state index in [0.717, 1.165) is 12.1 Å². The van der Waals surface area contributed by atoms with Crippen LogP contribution in [0.15, 0.2) is 35.0 Å². The van der Waals surface area contributed by atoms with Crippen molar-refractivity contribution < 1.29 is 17.7 Å². The second-order valence-electron chi connectivity index (χ2n) is 4.50. The molecular weight excluding hydrogens is 271 g/mol. The first-order valence-corrected chi connectivity index (χ1v) is 5.75.